The van der Waals surface area contributed by atoms with Crippen molar-refractivity contribution < 1.29 is 24.2 Å². The van der Waals surface area contributed by atoms with Gasteiger partial charge >= 0.3 is 11.8 Å². The van der Waals surface area contributed by atoms with Gasteiger partial charge in [0.25, 0.3) is 0 Å². The Morgan fingerprint density at radius 2 is 1.77 bits per heavy atom. The van der Waals surface area contributed by atoms with Gasteiger partial charge in [-0.25, -0.2) is 4.79 Å². The maximum Gasteiger partial charge on any atom is 0.311 e. The molecule has 5 aliphatic rings. The van der Waals surface area contributed by atoms with Gasteiger partial charge in [0.15, 0.2) is 11.8 Å². The predicted molar refractivity (Wildman–Crippen MR) is 156 cm³/mol. The van der Waals surface area contributed by atoms with Gasteiger partial charge in [0.05, 0.1) is 11.5 Å². The van der Waals surface area contributed by atoms with Gasteiger partial charge in [0.2, 0.25) is 0 Å². The number of methoxy groups -OCH3 is 1. The fourth-order valence-corrected chi connectivity index (χ4v) is 12.0. The van der Waals surface area contributed by atoms with E-state index in [0.717, 1.165) is 38.5 Å². The molecule has 11 atom stereocenters. The Balaban J connectivity index is 1.51. The van der Waals surface area contributed by atoms with Crippen molar-refractivity contribution in [3.63, 3.8) is 0 Å². The number of ether oxygens (including phenoxy) is 2. The van der Waals surface area contributed by atoms with Crippen LogP contribution >= 0.6 is 15.9 Å². The molecule has 6 heteroatoms. The average molecular weight is 609 g/mol. The van der Waals surface area contributed by atoms with E-state index in [2.05, 4.69) is 71.3 Å². The third-order valence-corrected chi connectivity index (χ3v) is 15.8. The largest absolute Gasteiger partial charge is 0.462 e. The van der Waals surface area contributed by atoms with Crippen LogP contribution in [-0.2, 0) is 19.1 Å². The van der Waals surface area contributed by atoms with Crippen LogP contribution in [0.4, 0.5) is 0 Å². The molecule has 0 aromatic carbocycles. The standard InChI is InChI=1S/C33H52BrO5/c1-19(11-12-24(34)27(3,4)38-10)21-13-15-29(7)26-22(36)17-32-23(14-16-33(32,37)28(32,5)6)31(26,9)25(39-20(2)35)18-30(21,29)8/h17,19,21,23-26,37H,11-16,18H2,1-10H3/q+1/t19-,21-,23+,24?,25+,26+,29+,30-,31-,32?,33?/m1/s1. The first kappa shape index (κ1) is 29.9. The lowest BCUT2D eigenvalue weighted by Gasteiger charge is -2.64. The Labute approximate surface area is 245 Å². The third-order valence-electron chi connectivity index (χ3n) is 14.3. The summed E-state index contributed by atoms with van der Waals surface area (Å²) in [4.78, 5) is 27.3. The number of carbonyl (C=O) groups excluding carboxylic acids is 2. The molecule has 3 unspecified atom stereocenters. The number of Topliss-reactive ketones (excluding diaryl/α,β-unsaturated/α-hetero) is 1. The maximum atomic E-state index is 14.5. The number of carbonyl (C=O) groups is 2. The summed E-state index contributed by atoms with van der Waals surface area (Å²) in [6.45, 7) is 19.4. The Hall–Kier alpha value is -0.590. The fourth-order valence-electron chi connectivity index (χ4n) is 11.6. The highest BCUT2D eigenvalue weighted by atomic mass is 79.9. The Morgan fingerprint density at radius 3 is 2.33 bits per heavy atom. The minimum atomic E-state index is -0.842. The number of ketones is 1. The zero-order chi connectivity index (χ0) is 29.2. The molecule has 5 rings (SSSR count). The summed E-state index contributed by atoms with van der Waals surface area (Å²) < 4.78 is 12.0. The lowest BCUT2D eigenvalue weighted by molar-refractivity contribution is -0.225. The zero-order valence-electron chi connectivity index (χ0n) is 25.9. The highest BCUT2D eigenvalue weighted by molar-refractivity contribution is 9.09. The summed E-state index contributed by atoms with van der Waals surface area (Å²) >= 11 is 3.88. The number of rotatable bonds is 7. The molecule has 5 nitrogen and oxygen atoms in total. The van der Waals surface area contributed by atoms with E-state index < -0.39 is 16.4 Å². The number of aliphatic hydroxyl groups is 1. The molecule has 0 bridgehead atoms. The van der Waals surface area contributed by atoms with Gasteiger partial charge in [-0.3, -0.25) is 4.79 Å². The lowest BCUT2D eigenvalue weighted by atomic mass is 9.37. The van der Waals surface area contributed by atoms with Crippen LogP contribution in [0.2, 0.25) is 0 Å². The van der Waals surface area contributed by atoms with Crippen molar-refractivity contribution in [2.45, 2.75) is 129 Å². The van der Waals surface area contributed by atoms with E-state index in [1.165, 1.54) is 6.92 Å². The van der Waals surface area contributed by atoms with E-state index in [9.17, 15) is 14.7 Å². The van der Waals surface area contributed by atoms with Crippen LogP contribution in [0, 0.1) is 57.2 Å². The monoisotopic (exact) mass is 607 g/mol. The molecule has 39 heavy (non-hydrogen) atoms. The van der Waals surface area contributed by atoms with Crippen molar-refractivity contribution in [2.24, 2.45) is 50.7 Å². The summed E-state index contributed by atoms with van der Waals surface area (Å²) in [5.41, 5.74) is -2.75. The van der Waals surface area contributed by atoms with Gasteiger partial charge in [-0.1, -0.05) is 57.5 Å². The van der Waals surface area contributed by atoms with Crippen LogP contribution < -0.4 is 0 Å². The van der Waals surface area contributed by atoms with Crippen molar-refractivity contribution in [2.75, 3.05) is 7.11 Å². The van der Waals surface area contributed by atoms with Gasteiger partial charge < -0.3 is 14.6 Å². The number of hydrogen-bond acceptors (Lipinski definition) is 5. The first-order chi connectivity index (χ1) is 17.8. The zero-order valence-corrected chi connectivity index (χ0v) is 27.5. The second-order valence-electron chi connectivity index (χ2n) is 15.9. The quantitative estimate of drug-likeness (QED) is 0.193. The summed E-state index contributed by atoms with van der Waals surface area (Å²) in [5.74, 6) is 0.743. The molecule has 0 radical (unpaired) electrons. The van der Waals surface area contributed by atoms with Crippen molar-refractivity contribution in [3.8, 4) is 0 Å². The molecule has 1 spiro atoms. The van der Waals surface area contributed by atoms with Gasteiger partial charge in [-0.15, -0.1) is 0 Å². The number of alkyl halides is 1. The van der Waals surface area contributed by atoms with Crippen molar-refractivity contribution in [1.82, 2.24) is 0 Å². The highest BCUT2D eigenvalue weighted by Crippen LogP contribution is 2.89. The van der Waals surface area contributed by atoms with Gasteiger partial charge in [0.1, 0.15) is 11.7 Å². The molecular weight excluding hydrogens is 556 g/mol. The summed E-state index contributed by atoms with van der Waals surface area (Å²) in [6, 6.07) is 0. The molecule has 0 saturated heterocycles. The van der Waals surface area contributed by atoms with E-state index in [4.69, 9.17) is 9.47 Å². The first-order valence-corrected chi connectivity index (χ1v) is 16.2. The predicted octanol–water partition coefficient (Wildman–Crippen LogP) is 6.93. The van der Waals surface area contributed by atoms with Gasteiger partial charge in [-0.2, -0.15) is 0 Å². The smallest absolute Gasteiger partial charge is 0.311 e. The molecule has 220 valence electrons. The van der Waals surface area contributed by atoms with Crippen LogP contribution in [0.3, 0.4) is 0 Å². The highest BCUT2D eigenvalue weighted by Gasteiger charge is 2.98. The minimum Gasteiger partial charge on any atom is -0.462 e. The van der Waals surface area contributed by atoms with Crippen LogP contribution in [0.1, 0.15) is 107 Å². The van der Waals surface area contributed by atoms with Gasteiger partial charge in [-0.05, 0) is 81.5 Å². The molecule has 5 fully saturated rings. The molecule has 0 heterocycles. The number of halogens is 1. The molecular formula is C33H52BrO5+. The Kier molecular flexibility index (Phi) is 6.68. The third kappa shape index (κ3) is 3.40. The number of hydrogen-bond donors (Lipinski definition) is 1. The SMILES string of the molecule is COC(C)(C)C(Br)CC[C@@H](C)[C@H]1CC[C@@]2(C)[C@@H]3C(=O)[CH+]C45[C@@H](CCC4(O)C5(C)C)[C@]3(C)[C@@H](OC(C)=O)C[C@]12C. The normalized spacial score (nSPS) is 49.2. The molecule has 5 saturated carbocycles. The lowest BCUT2D eigenvalue weighted by Crippen LogP contribution is -2.68. The Bertz CT molecular complexity index is 1050. The first-order valence-electron chi connectivity index (χ1n) is 15.3. The molecule has 5 aliphatic carbocycles. The molecule has 1 N–H and O–H groups in total. The maximum absolute atomic E-state index is 14.5. The van der Waals surface area contributed by atoms with Crippen molar-refractivity contribution >= 4 is 27.7 Å². The van der Waals surface area contributed by atoms with Crippen molar-refractivity contribution in [3.05, 3.63) is 6.42 Å². The average Bonchev–Trinajstić information content (AvgIpc) is 3.11. The molecule has 0 aromatic rings. The summed E-state index contributed by atoms with van der Waals surface area (Å²) in [6.07, 6.45) is 8.21. The van der Waals surface area contributed by atoms with E-state index in [-0.39, 0.29) is 56.4 Å². The van der Waals surface area contributed by atoms with Crippen LogP contribution in [0.15, 0.2) is 0 Å². The Morgan fingerprint density at radius 1 is 1.13 bits per heavy atom. The van der Waals surface area contributed by atoms with E-state index in [1.54, 1.807) is 7.11 Å². The summed E-state index contributed by atoms with van der Waals surface area (Å²) in [7, 11) is 1.77. The topological polar surface area (TPSA) is 72.8 Å². The molecule has 0 aromatic heterocycles. The van der Waals surface area contributed by atoms with Crippen molar-refractivity contribution in [1.29, 1.82) is 0 Å². The fraction of sp³-hybridized carbons (Fsp3) is 0.909. The second-order valence-corrected chi connectivity index (χ2v) is 17.0. The van der Waals surface area contributed by atoms with E-state index >= 15 is 0 Å². The van der Waals surface area contributed by atoms with Crippen LogP contribution in [0.5, 0.6) is 0 Å². The number of esters is 1. The van der Waals surface area contributed by atoms with Gasteiger partial charge in [0, 0.05) is 35.6 Å². The summed E-state index contributed by atoms with van der Waals surface area (Å²) in [5, 5.41) is 11.8. The minimum absolute atomic E-state index is 0.125. The molecule has 0 aliphatic heterocycles. The van der Waals surface area contributed by atoms with Crippen LogP contribution in [0.25, 0.3) is 0 Å². The van der Waals surface area contributed by atoms with E-state index in [0.29, 0.717) is 18.3 Å². The van der Waals surface area contributed by atoms with Crippen LogP contribution in [-0.4, -0.2) is 46.1 Å². The molecule has 0 amide bonds. The van der Waals surface area contributed by atoms with E-state index in [1.807, 2.05) is 6.42 Å². The second kappa shape index (κ2) is 8.72. The number of fused-ring (bicyclic) bond motifs is 4.